The fourth-order valence-corrected chi connectivity index (χ4v) is 3.56. The summed E-state index contributed by atoms with van der Waals surface area (Å²) < 4.78 is 6.21. The molecular weight excluding hydrogens is 372 g/mol. The highest BCUT2D eigenvalue weighted by atomic mass is 79.9. The summed E-state index contributed by atoms with van der Waals surface area (Å²) in [5.74, 6) is 1.30. The van der Waals surface area contributed by atoms with Gasteiger partial charge in [-0.15, -0.1) is 0 Å². The third-order valence-corrected chi connectivity index (χ3v) is 4.84. The summed E-state index contributed by atoms with van der Waals surface area (Å²) in [5.41, 5.74) is 5.04. The Labute approximate surface area is 158 Å². The van der Waals surface area contributed by atoms with Crippen LogP contribution in [0.2, 0.25) is 0 Å². The molecule has 0 aliphatic carbocycles. The number of benzene rings is 3. The molecule has 3 aromatic rings. The molecule has 0 aliphatic heterocycles. The number of halogens is 1. The first-order valence-corrected chi connectivity index (χ1v) is 9.78. The largest absolute Gasteiger partial charge is 0.489 e. The molecule has 0 saturated carbocycles. The van der Waals surface area contributed by atoms with E-state index in [0.717, 1.165) is 17.5 Å². The monoisotopic (exact) mass is 394 g/mol. The minimum atomic E-state index is 0.325. The Hall–Kier alpha value is -2.06. The van der Waals surface area contributed by atoms with Crippen LogP contribution >= 0.6 is 15.9 Å². The minimum absolute atomic E-state index is 0.325. The summed E-state index contributed by atoms with van der Waals surface area (Å²) in [4.78, 5) is 0. The number of alkyl halides is 1. The van der Waals surface area contributed by atoms with Crippen LogP contribution in [0.15, 0.2) is 78.9 Å². The maximum absolute atomic E-state index is 6.21. The third-order valence-electron chi connectivity index (χ3n) is 4.38. The molecule has 0 fully saturated rings. The number of hydrogen-bond acceptors (Lipinski definition) is 1. The molecule has 1 nitrogen and oxygen atoms in total. The number of hydrogen-bond donors (Lipinski definition) is 0. The molecule has 0 amide bonds. The second-order valence-electron chi connectivity index (χ2n) is 6.26. The Morgan fingerprint density at radius 1 is 0.880 bits per heavy atom. The highest BCUT2D eigenvalue weighted by Gasteiger charge is 2.18. The molecule has 0 heterocycles. The SMILES string of the molecule is Cc1ccc(OCc2ccccc2)c(C(CCBr)c2ccccc2)c1. The van der Waals surface area contributed by atoms with Crippen molar-refractivity contribution in [1.29, 1.82) is 0 Å². The molecule has 0 N–H and O–H groups in total. The summed E-state index contributed by atoms with van der Waals surface area (Å²) in [5, 5.41) is 0.957. The number of rotatable bonds is 7. The standard InChI is InChI=1S/C23H23BrO/c1-18-12-13-23(25-17-19-8-4-2-5-9-19)22(16-18)21(14-15-24)20-10-6-3-7-11-20/h2-13,16,21H,14-15,17H2,1H3. The van der Waals surface area contributed by atoms with Gasteiger partial charge >= 0.3 is 0 Å². The quantitative estimate of drug-likeness (QED) is 0.416. The fraction of sp³-hybridized carbons (Fsp3) is 0.217. The maximum atomic E-state index is 6.21. The lowest BCUT2D eigenvalue weighted by Crippen LogP contribution is -2.06. The van der Waals surface area contributed by atoms with Crippen LogP contribution in [0.4, 0.5) is 0 Å². The maximum Gasteiger partial charge on any atom is 0.123 e. The van der Waals surface area contributed by atoms with Crippen molar-refractivity contribution in [1.82, 2.24) is 0 Å². The van der Waals surface area contributed by atoms with E-state index in [2.05, 4.69) is 83.5 Å². The molecule has 0 bridgehead atoms. The Morgan fingerprint density at radius 2 is 1.56 bits per heavy atom. The molecule has 1 unspecified atom stereocenters. The van der Waals surface area contributed by atoms with Gasteiger partial charge in [-0.2, -0.15) is 0 Å². The summed E-state index contributed by atoms with van der Waals surface area (Å²) in [6.07, 6.45) is 1.04. The average Bonchev–Trinajstić information content (AvgIpc) is 2.66. The van der Waals surface area contributed by atoms with Gasteiger partial charge in [-0.25, -0.2) is 0 Å². The molecule has 1 atom stereocenters. The molecule has 0 spiro atoms. The van der Waals surface area contributed by atoms with Gasteiger partial charge in [-0.3, -0.25) is 0 Å². The van der Waals surface area contributed by atoms with Crippen LogP contribution in [0.5, 0.6) is 5.75 Å². The Bertz CT molecular complexity index is 784. The van der Waals surface area contributed by atoms with Gasteiger partial charge in [0.1, 0.15) is 12.4 Å². The first kappa shape index (κ1) is 17.8. The van der Waals surface area contributed by atoms with Gasteiger partial charge in [0.2, 0.25) is 0 Å². The molecule has 128 valence electrons. The summed E-state index contributed by atoms with van der Waals surface area (Å²) >= 11 is 3.62. The van der Waals surface area contributed by atoms with Crippen LogP contribution in [-0.4, -0.2) is 5.33 Å². The Balaban J connectivity index is 1.91. The van der Waals surface area contributed by atoms with Gasteiger partial charge in [0, 0.05) is 16.8 Å². The van der Waals surface area contributed by atoms with E-state index in [9.17, 15) is 0 Å². The average molecular weight is 395 g/mol. The molecule has 0 aromatic heterocycles. The molecular formula is C23H23BrO. The first-order valence-electron chi connectivity index (χ1n) is 8.66. The lowest BCUT2D eigenvalue weighted by atomic mass is 9.88. The summed E-state index contributed by atoms with van der Waals surface area (Å²) in [7, 11) is 0. The fourth-order valence-electron chi connectivity index (χ4n) is 3.10. The topological polar surface area (TPSA) is 9.23 Å². The highest BCUT2D eigenvalue weighted by molar-refractivity contribution is 9.09. The van der Waals surface area contributed by atoms with E-state index in [4.69, 9.17) is 4.74 Å². The molecule has 3 rings (SSSR count). The highest BCUT2D eigenvalue weighted by Crippen LogP contribution is 2.36. The van der Waals surface area contributed by atoms with E-state index in [0.29, 0.717) is 12.5 Å². The third kappa shape index (κ3) is 4.73. The molecule has 25 heavy (non-hydrogen) atoms. The summed E-state index contributed by atoms with van der Waals surface area (Å²) in [6, 6.07) is 27.5. The zero-order chi connectivity index (χ0) is 17.5. The van der Waals surface area contributed by atoms with Crippen molar-refractivity contribution in [2.24, 2.45) is 0 Å². The van der Waals surface area contributed by atoms with Gasteiger partial charge < -0.3 is 4.74 Å². The first-order chi connectivity index (χ1) is 12.3. The van der Waals surface area contributed by atoms with Crippen LogP contribution in [-0.2, 0) is 6.61 Å². The molecule has 2 heteroatoms. The van der Waals surface area contributed by atoms with Crippen LogP contribution < -0.4 is 4.74 Å². The van der Waals surface area contributed by atoms with Gasteiger partial charge in [-0.05, 0) is 30.5 Å². The predicted molar refractivity (Wildman–Crippen MR) is 109 cm³/mol. The zero-order valence-corrected chi connectivity index (χ0v) is 16.1. The lowest BCUT2D eigenvalue weighted by molar-refractivity contribution is 0.301. The van der Waals surface area contributed by atoms with E-state index in [1.165, 1.54) is 22.3 Å². The van der Waals surface area contributed by atoms with Crippen LogP contribution in [0.1, 0.15) is 34.6 Å². The van der Waals surface area contributed by atoms with Crippen LogP contribution in [0, 0.1) is 6.92 Å². The van der Waals surface area contributed by atoms with Crippen molar-refractivity contribution >= 4 is 15.9 Å². The normalized spacial score (nSPS) is 11.9. The van der Waals surface area contributed by atoms with Gasteiger partial charge in [0.25, 0.3) is 0 Å². The van der Waals surface area contributed by atoms with Crippen LogP contribution in [0.25, 0.3) is 0 Å². The molecule has 3 aromatic carbocycles. The second kappa shape index (κ2) is 8.87. The Kier molecular flexibility index (Phi) is 6.30. The smallest absolute Gasteiger partial charge is 0.123 e. The van der Waals surface area contributed by atoms with Gasteiger partial charge in [0.05, 0.1) is 0 Å². The number of ether oxygens (including phenoxy) is 1. The summed E-state index contributed by atoms with van der Waals surface area (Å²) in [6.45, 7) is 2.73. The van der Waals surface area contributed by atoms with E-state index < -0.39 is 0 Å². The molecule has 0 aliphatic rings. The Morgan fingerprint density at radius 3 is 2.24 bits per heavy atom. The predicted octanol–water partition coefficient (Wildman–Crippen LogP) is 6.49. The van der Waals surface area contributed by atoms with E-state index >= 15 is 0 Å². The lowest BCUT2D eigenvalue weighted by Gasteiger charge is -2.21. The van der Waals surface area contributed by atoms with E-state index in [-0.39, 0.29) is 0 Å². The minimum Gasteiger partial charge on any atom is -0.489 e. The van der Waals surface area contributed by atoms with Crippen molar-refractivity contribution in [3.8, 4) is 5.75 Å². The van der Waals surface area contributed by atoms with Gasteiger partial charge in [-0.1, -0.05) is 94.3 Å². The van der Waals surface area contributed by atoms with Crippen molar-refractivity contribution < 1.29 is 4.74 Å². The van der Waals surface area contributed by atoms with Crippen molar-refractivity contribution in [2.45, 2.75) is 25.9 Å². The molecule has 0 radical (unpaired) electrons. The van der Waals surface area contributed by atoms with Crippen molar-refractivity contribution in [2.75, 3.05) is 5.33 Å². The van der Waals surface area contributed by atoms with Crippen molar-refractivity contribution in [3.05, 3.63) is 101 Å². The number of aryl methyl sites for hydroxylation is 1. The van der Waals surface area contributed by atoms with Crippen LogP contribution in [0.3, 0.4) is 0 Å². The van der Waals surface area contributed by atoms with E-state index in [1.807, 2.05) is 18.2 Å². The van der Waals surface area contributed by atoms with Crippen molar-refractivity contribution in [3.63, 3.8) is 0 Å². The van der Waals surface area contributed by atoms with E-state index in [1.54, 1.807) is 0 Å². The van der Waals surface area contributed by atoms with Gasteiger partial charge in [0.15, 0.2) is 0 Å². The second-order valence-corrected chi connectivity index (χ2v) is 7.05. The molecule has 0 saturated heterocycles. The zero-order valence-electron chi connectivity index (χ0n) is 14.5.